The first-order valence-corrected chi connectivity index (χ1v) is 9.11. The third-order valence-electron chi connectivity index (χ3n) is 5.08. The van der Waals surface area contributed by atoms with Crippen LogP contribution < -0.4 is 15.8 Å². The summed E-state index contributed by atoms with van der Waals surface area (Å²) >= 11 is 0. The summed E-state index contributed by atoms with van der Waals surface area (Å²) in [5.74, 6) is 1.70. The summed E-state index contributed by atoms with van der Waals surface area (Å²) in [7, 11) is 1.63. The number of methoxy groups -OCH3 is 1. The van der Waals surface area contributed by atoms with Gasteiger partial charge in [-0.05, 0) is 42.3 Å². The molecule has 1 aliphatic heterocycles. The molecule has 5 heteroatoms. The van der Waals surface area contributed by atoms with Crippen molar-refractivity contribution in [1.29, 1.82) is 0 Å². The standard InChI is InChI=1S/C21H27N3O2/c1-26-19-9-7-18(8-10-19)23-21(25)11-12-24-14-17(13-22)20(15-24)16-5-3-2-4-6-16/h2-10,17,20H,11-15,22H2,1H3,(H,23,25)/t17-,20+/m1/s1. The highest BCUT2D eigenvalue weighted by Gasteiger charge is 2.32. The highest BCUT2D eigenvalue weighted by Crippen LogP contribution is 2.31. The van der Waals surface area contributed by atoms with E-state index in [9.17, 15) is 4.79 Å². The molecule has 0 spiro atoms. The molecular weight excluding hydrogens is 326 g/mol. The number of carbonyl (C=O) groups excluding carboxylic acids is 1. The van der Waals surface area contributed by atoms with E-state index in [1.54, 1.807) is 7.11 Å². The van der Waals surface area contributed by atoms with Gasteiger partial charge in [0, 0.05) is 37.7 Å². The predicted molar refractivity (Wildman–Crippen MR) is 104 cm³/mol. The number of carbonyl (C=O) groups is 1. The Balaban J connectivity index is 1.50. The van der Waals surface area contributed by atoms with Crippen LogP contribution in [0.5, 0.6) is 5.75 Å². The Kier molecular flexibility index (Phi) is 6.26. The van der Waals surface area contributed by atoms with E-state index in [1.807, 2.05) is 30.3 Å². The molecule has 3 rings (SSSR count). The molecule has 2 aromatic carbocycles. The fourth-order valence-electron chi connectivity index (χ4n) is 3.62. The van der Waals surface area contributed by atoms with Crippen molar-refractivity contribution in [2.45, 2.75) is 12.3 Å². The number of nitrogens with zero attached hydrogens (tertiary/aromatic N) is 1. The smallest absolute Gasteiger partial charge is 0.225 e. The van der Waals surface area contributed by atoms with E-state index in [4.69, 9.17) is 10.5 Å². The summed E-state index contributed by atoms with van der Waals surface area (Å²) in [4.78, 5) is 14.6. The van der Waals surface area contributed by atoms with Crippen LogP contribution in [-0.4, -0.2) is 44.1 Å². The Hall–Kier alpha value is -2.37. The highest BCUT2D eigenvalue weighted by molar-refractivity contribution is 5.90. The predicted octanol–water partition coefficient (Wildman–Crippen LogP) is 2.70. The minimum absolute atomic E-state index is 0.0302. The Bertz CT molecular complexity index is 703. The van der Waals surface area contributed by atoms with E-state index >= 15 is 0 Å². The van der Waals surface area contributed by atoms with Gasteiger partial charge < -0.3 is 20.7 Å². The number of hydrogen-bond acceptors (Lipinski definition) is 4. The minimum Gasteiger partial charge on any atom is -0.497 e. The summed E-state index contributed by atoms with van der Waals surface area (Å²) in [6, 6.07) is 17.9. The molecule has 0 aromatic heterocycles. The molecule has 0 saturated carbocycles. The molecule has 0 unspecified atom stereocenters. The number of benzene rings is 2. The largest absolute Gasteiger partial charge is 0.497 e. The Morgan fingerprint density at radius 2 is 1.88 bits per heavy atom. The molecule has 5 nitrogen and oxygen atoms in total. The molecule has 1 amide bonds. The second-order valence-electron chi connectivity index (χ2n) is 6.80. The summed E-state index contributed by atoms with van der Waals surface area (Å²) in [6.45, 7) is 3.34. The Morgan fingerprint density at radius 3 is 2.54 bits per heavy atom. The van der Waals surface area contributed by atoms with Gasteiger partial charge in [0.15, 0.2) is 0 Å². The van der Waals surface area contributed by atoms with Gasteiger partial charge in [-0.15, -0.1) is 0 Å². The van der Waals surface area contributed by atoms with E-state index < -0.39 is 0 Å². The molecule has 2 aromatic rings. The van der Waals surface area contributed by atoms with E-state index in [-0.39, 0.29) is 5.91 Å². The number of nitrogens with two attached hydrogens (primary N) is 1. The zero-order valence-corrected chi connectivity index (χ0v) is 15.2. The third kappa shape index (κ3) is 4.62. The van der Waals surface area contributed by atoms with Crippen molar-refractivity contribution in [3.05, 3.63) is 60.2 Å². The van der Waals surface area contributed by atoms with Gasteiger partial charge in [-0.2, -0.15) is 0 Å². The topological polar surface area (TPSA) is 67.6 Å². The number of nitrogens with one attached hydrogen (secondary N) is 1. The van der Waals surface area contributed by atoms with Gasteiger partial charge in [-0.3, -0.25) is 4.79 Å². The fourth-order valence-corrected chi connectivity index (χ4v) is 3.62. The van der Waals surface area contributed by atoms with Crippen molar-refractivity contribution in [2.24, 2.45) is 11.7 Å². The first-order chi connectivity index (χ1) is 12.7. The van der Waals surface area contributed by atoms with Crippen LogP contribution in [0.3, 0.4) is 0 Å². The number of rotatable bonds is 7. The molecule has 138 valence electrons. The van der Waals surface area contributed by atoms with Gasteiger partial charge in [0.25, 0.3) is 0 Å². The lowest BCUT2D eigenvalue weighted by atomic mass is 9.89. The van der Waals surface area contributed by atoms with Crippen molar-refractivity contribution in [1.82, 2.24) is 4.90 Å². The number of hydrogen-bond donors (Lipinski definition) is 2. The zero-order valence-electron chi connectivity index (χ0n) is 15.2. The molecule has 1 saturated heterocycles. The average Bonchev–Trinajstić information content (AvgIpc) is 3.11. The molecule has 1 heterocycles. The normalized spacial score (nSPS) is 20.1. The summed E-state index contributed by atoms with van der Waals surface area (Å²) in [5, 5.41) is 2.94. The van der Waals surface area contributed by atoms with Gasteiger partial charge in [0.05, 0.1) is 7.11 Å². The molecule has 0 radical (unpaired) electrons. The Morgan fingerprint density at radius 1 is 1.15 bits per heavy atom. The lowest BCUT2D eigenvalue weighted by Gasteiger charge is -2.16. The van der Waals surface area contributed by atoms with Crippen LogP contribution >= 0.6 is 0 Å². The van der Waals surface area contributed by atoms with Crippen molar-refractivity contribution in [2.75, 3.05) is 38.6 Å². The van der Waals surface area contributed by atoms with Crippen LogP contribution in [0.1, 0.15) is 17.9 Å². The zero-order chi connectivity index (χ0) is 18.4. The quantitative estimate of drug-likeness (QED) is 0.803. The van der Waals surface area contributed by atoms with Crippen LogP contribution in [0, 0.1) is 5.92 Å². The monoisotopic (exact) mass is 353 g/mol. The lowest BCUT2D eigenvalue weighted by molar-refractivity contribution is -0.116. The van der Waals surface area contributed by atoms with Gasteiger partial charge in [0.2, 0.25) is 5.91 Å². The Labute approximate surface area is 155 Å². The van der Waals surface area contributed by atoms with Gasteiger partial charge in [-0.1, -0.05) is 30.3 Å². The van der Waals surface area contributed by atoms with Crippen molar-refractivity contribution in [3.8, 4) is 5.75 Å². The molecule has 3 N–H and O–H groups in total. The first kappa shape index (κ1) is 18.4. The first-order valence-electron chi connectivity index (χ1n) is 9.11. The maximum Gasteiger partial charge on any atom is 0.225 e. The number of ether oxygens (including phenoxy) is 1. The van der Waals surface area contributed by atoms with Crippen molar-refractivity contribution in [3.63, 3.8) is 0 Å². The van der Waals surface area contributed by atoms with Crippen LogP contribution in [0.15, 0.2) is 54.6 Å². The summed E-state index contributed by atoms with van der Waals surface area (Å²) < 4.78 is 5.13. The van der Waals surface area contributed by atoms with Crippen LogP contribution in [0.2, 0.25) is 0 Å². The molecule has 1 aliphatic rings. The summed E-state index contributed by atoms with van der Waals surface area (Å²) in [6.07, 6.45) is 0.477. The summed E-state index contributed by atoms with van der Waals surface area (Å²) in [5.41, 5.74) is 8.12. The number of amides is 1. The molecule has 1 fully saturated rings. The lowest BCUT2D eigenvalue weighted by Crippen LogP contribution is -2.27. The van der Waals surface area contributed by atoms with E-state index in [0.717, 1.165) is 31.1 Å². The van der Waals surface area contributed by atoms with Gasteiger partial charge in [0.1, 0.15) is 5.75 Å². The van der Waals surface area contributed by atoms with Crippen LogP contribution in [-0.2, 0) is 4.79 Å². The molecule has 0 bridgehead atoms. The molecule has 2 atom stereocenters. The number of likely N-dealkylation sites (tertiary alicyclic amines) is 1. The second-order valence-corrected chi connectivity index (χ2v) is 6.80. The van der Waals surface area contributed by atoms with Gasteiger partial charge in [-0.25, -0.2) is 0 Å². The molecule has 26 heavy (non-hydrogen) atoms. The molecular formula is C21H27N3O2. The van der Waals surface area contributed by atoms with Crippen molar-refractivity contribution >= 4 is 11.6 Å². The second kappa shape index (κ2) is 8.83. The minimum atomic E-state index is 0.0302. The maximum atomic E-state index is 12.2. The fraction of sp³-hybridized carbons (Fsp3) is 0.381. The highest BCUT2D eigenvalue weighted by atomic mass is 16.5. The van der Waals surface area contributed by atoms with E-state index in [0.29, 0.717) is 24.8 Å². The SMILES string of the molecule is COc1ccc(NC(=O)CCN2C[C@@H](CN)[C@H](c3ccccc3)C2)cc1. The van der Waals surface area contributed by atoms with Gasteiger partial charge >= 0.3 is 0 Å². The number of anilines is 1. The van der Waals surface area contributed by atoms with E-state index in [2.05, 4.69) is 34.5 Å². The van der Waals surface area contributed by atoms with Crippen LogP contribution in [0.25, 0.3) is 0 Å². The maximum absolute atomic E-state index is 12.2. The average molecular weight is 353 g/mol. The van der Waals surface area contributed by atoms with Crippen molar-refractivity contribution < 1.29 is 9.53 Å². The molecule has 0 aliphatic carbocycles. The van der Waals surface area contributed by atoms with Crippen LogP contribution in [0.4, 0.5) is 5.69 Å². The van der Waals surface area contributed by atoms with E-state index in [1.165, 1.54) is 5.56 Å². The third-order valence-corrected chi connectivity index (χ3v) is 5.08.